The largest absolute Gasteiger partial charge is 0.451 e. The van der Waals surface area contributed by atoms with Gasteiger partial charge in [0.05, 0.1) is 5.69 Å². The summed E-state index contributed by atoms with van der Waals surface area (Å²) in [6.45, 7) is 2.99. The van der Waals surface area contributed by atoms with Gasteiger partial charge in [-0.2, -0.15) is 18.3 Å². The summed E-state index contributed by atoms with van der Waals surface area (Å²) >= 11 is 5.87. The molecule has 1 aromatic carbocycles. The maximum absolute atomic E-state index is 13.6. The Morgan fingerprint density at radius 2 is 2.00 bits per heavy atom. The summed E-state index contributed by atoms with van der Waals surface area (Å²) in [7, 11) is 1.55. The Kier molecular flexibility index (Phi) is 4.47. The highest BCUT2D eigenvalue weighted by Gasteiger charge is 2.45. The molecule has 0 saturated heterocycles. The zero-order valence-electron chi connectivity index (χ0n) is 14.1. The van der Waals surface area contributed by atoms with Crippen molar-refractivity contribution in [2.45, 2.75) is 26.1 Å². The van der Waals surface area contributed by atoms with Crippen LogP contribution in [-0.4, -0.2) is 21.9 Å². The molecule has 1 N–H and O–H groups in total. The quantitative estimate of drug-likeness (QED) is 0.723. The minimum atomic E-state index is -4.69. The monoisotopic (exact) mass is 385 g/mol. The van der Waals surface area contributed by atoms with E-state index in [1.165, 1.54) is 24.6 Å². The minimum Gasteiger partial charge on any atom is -0.451 e. The lowest BCUT2D eigenvalue weighted by molar-refractivity contribution is -0.155. The van der Waals surface area contributed by atoms with Crippen LogP contribution in [-0.2, 0) is 7.05 Å². The average molecular weight is 386 g/mol. The van der Waals surface area contributed by atoms with Crippen LogP contribution in [0, 0.1) is 13.8 Å². The fourth-order valence-corrected chi connectivity index (χ4v) is 3.03. The van der Waals surface area contributed by atoms with Gasteiger partial charge in [0.2, 0.25) is 0 Å². The Morgan fingerprint density at radius 3 is 2.58 bits per heavy atom. The van der Waals surface area contributed by atoms with Crippen LogP contribution in [0.5, 0.6) is 0 Å². The van der Waals surface area contributed by atoms with E-state index in [4.69, 9.17) is 16.0 Å². The normalized spacial score (nSPS) is 13.2. The van der Waals surface area contributed by atoms with Gasteiger partial charge in [-0.15, -0.1) is 0 Å². The van der Waals surface area contributed by atoms with Crippen molar-refractivity contribution in [3.05, 3.63) is 52.0 Å². The van der Waals surface area contributed by atoms with E-state index >= 15 is 0 Å². The number of alkyl halides is 3. The van der Waals surface area contributed by atoms with Gasteiger partial charge in [0.15, 0.2) is 11.8 Å². The summed E-state index contributed by atoms with van der Waals surface area (Å²) in [4.78, 5) is 12.4. The number of nitrogens with zero attached hydrogens (tertiary/aromatic N) is 2. The summed E-state index contributed by atoms with van der Waals surface area (Å²) in [6.07, 6.45) is -4.69. The van der Waals surface area contributed by atoms with Gasteiger partial charge >= 0.3 is 6.18 Å². The van der Waals surface area contributed by atoms with E-state index in [0.717, 1.165) is 0 Å². The number of rotatable bonds is 3. The number of fused-ring (bicyclic) bond motifs is 1. The number of benzene rings is 1. The molecule has 2 heterocycles. The molecule has 0 bridgehead atoms. The predicted molar refractivity (Wildman–Crippen MR) is 90.2 cm³/mol. The lowest BCUT2D eigenvalue weighted by Gasteiger charge is -2.22. The fourth-order valence-electron chi connectivity index (χ4n) is 2.85. The highest BCUT2D eigenvalue weighted by Crippen LogP contribution is 2.36. The van der Waals surface area contributed by atoms with Crippen molar-refractivity contribution in [3.63, 3.8) is 0 Å². The molecule has 0 saturated carbocycles. The van der Waals surface area contributed by atoms with Gasteiger partial charge in [0, 0.05) is 28.7 Å². The third kappa shape index (κ3) is 3.29. The first-order chi connectivity index (χ1) is 12.1. The molecule has 0 unspecified atom stereocenters. The Labute approximate surface area is 151 Å². The van der Waals surface area contributed by atoms with E-state index < -0.39 is 18.1 Å². The Bertz CT molecular complexity index is 991. The van der Waals surface area contributed by atoms with Crippen LogP contribution in [0.2, 0.25) is 5.02 Å². The molecule has 1 atom stereocenters. The molecule has 1 amide bonds. The zero-order valence-corrected chi connectivity index (χ0v) is 14.9. The molecular weight excluding hydrogens is 371 g/mol. The second kappa shape index (κ2) is 6.35. The second-order valence-corrected chi connectivity index (χ2v) is 6.39. The molecule has 0 fully saturated rings. The number of aryl methyl sites for hydroxylation is 2. The number of carbonyl (C=O) groups excluding carboxylic acids is 1. The van der Waals surface area contributed by atoms with E-state index in [2.05, 4.69) is 5.10 Å². The van der Waals surface area contributed by atoms with Crippen LogP contribution < -0.4 is 5.32 Å². The Morgan fingerprint density at radius 1 is 1.31 bits per heavy atom. The second-order valence-electron chi connectivity index (χ2n) is 5.95. The third-order valence-corrected chi connectivity index (χ3v) is 4.39. The number of amides is 1. The van der Waals surface area contributed by atoms with Gasteiger partial charge in [-0.25, -0.2) is 0 Å². The topological polar surface area (TPSA) is 60.1 Å². The first-order valence-electron chi connectivity index (χ1n) is 7.64. The van der Waals surface area contributed by atoms with E-state index in [0.29, 0.717) is 21.7 Å². The van der Waals surface area contributed by atoms with Gasteiger partial charge in [0.25, 0.3) is 5.91 Å². The number of carbonyl (C=O) groups is 1. The van der Waals surface area contributed by atoms with Crippen LogP contribution in [0.1, 0.15) is 33.5 Å². The standard InChI is InChI=1S/C17H15ClF3N3O2/c1-8-14(9(2)24(3)23-8)15(17(19,20)21)22-16(25)13-7-10-6-11(18)4-5-12(10)26-13/h4-7,15H,1-3H3,(H,22,25)/t15-/m1/s1. The summed E-state index contributed by atoms with van der Waals surface area (Å²) in [5.74, 6) is -1.20. The van der Waals surface area contributed by atoms with Crippen LogP contribution in [0.25, 0.3) is 11.0 Å². The Balaban J connectivity index is 1.97. The first kappa shape index (κ1) is 18.3. The number of hydrogen-bond donors (Lipinski definition) is 1. The van der Waals surface area contributed by atoms with Gasteiger partial charge in [0.1, 0.15) is 5.58 Å². The van der Waals surface area contributed by atoms with Gasteiger partial charge in [-0.05, 0) is 38.1 Å². The van der Waals surface area contributed by atoms with Crippen molar-refractivity contribution in [2.75, 3.05) is 0 Å². The maximum atomic E-state index is 13.6. The van der Waals surface area contributed by atoms with Crippen LogP contribution in [0.4, 0.5) is 13.2 Å². The smallest absolute Gasteiger partial charge is 0.413 e. The first-order valence-corrected chi connectivity index (χ1v) is 8.02. The molecule has 0 aliphatic carbocycles. The minimum absolute atomic E-state index is 0.0764. The lowest BCUT2D eigenvalue weighted by atomic mass is 10.0. The third-order valence-electron chi connectivity index (χ3n) is 4.16. The highest BCUT2D eigenvalue weighted by molar-refractivity contribution is 6.31. The molecule has 0 aliphatic rings. The van der Waals surface area contributed by atoms with Crippen LogP contribution in [0.15, 0.2) is 28.7 Å². The SMILES string of the molecule is Cc1nn(C)c(C)c1[C@@H](NC(=O)c1cc2cc(Cl)ccc2o1)C(F)(F)F. The summed E-state index contributed by atoms with van der Waals surface area (Å²) in [5.41, 5.74) is 0.801. The lowest BCUT2D eigenvalue weighted by Crippen LogP contribution is -2.38. The summed E-state index contributed by atoms with van der Waals surface area (Å²) in [6, 6.07) is 3.84. The molecule has 3 aromatic rings. The van der Waals surface area contributed by atoms with Crippen molar-refractivity contribution in [1.82, 2.24) is 15.1 Å². The fraction of sp³-hybridized carbons (Fsp3) is 0.294. The van der Waals surface area contributed by atoms with E-state index in [-0.39, 0.29) is 17.0 Å². The Hall–Kier alpha value is -2.48. The van der Waals surface area contributed by atoms with Gasteiger partial charge < -0.3 is 9.73 Å². The van der Waals surface area contributed by atoms with Crippen LogP contribution >= 0.6 is 11.6 Å². The highest BCUT2D eigenvalue weighted by atomic mass is 35.5. The van der Waals surface area contributed by atoms with Gasteiger partial charge in [-0.1, -0.05) is 11.6 Å². The molecule has 0 aliphatic heterocycles. The predicted octanol–water partition coefficient (Wildman–Crippen LogP) is 4.47. The molecular formula is C17H15ClF3N3O2. The average Bonchev–Trinajstić information content (AvgIpc) is 3.05. The number of nitrogens with one attached hydrogen (secondary N) is 1. The molecule has 0 spiro atoms. The van der Waals surface area contributed by atoms with Crippen molar-refractivity contribution in [1.29, 1.82) is 0 Å². The molecule has 5 nitrogen and oxygen atoms in total. The maximum Gasteiger partial charge on any atom is 0.413 e. The van der Waals surface area contributed by atoms with Crippen molar-refractivity contribution >= 4 is 28.5 Å². The molecule has 138 valence electrons. The van der Waals surface area contributed by atoms with Crippen LogP contribution in [0.3, 0.4) is 0 Å². The van der Waals surface area contributed by atoms with E-state index in [1.54, 1.807) is 25.2 Å². The number of furan rings is 1. The molecule has 2 aromatic heterocycles. The zero-order chi connectivity index (χ0) is 19.2. The van der Waals surface area contributed by atoms with Crippen molar-refractivity contribution < 1.29 is 22.4 Å². The van der Waals surface area contributed by atoms with E-state index in [9.17, 15) is 18.0 Å². The number of halogens is 4. The van der Waals surface area contributed by atoms with Crippen molar-refractivity contribution in [3.8, 4) is 0 Å². The summed E-state index contributed by atoms with van der Waals surface area (Å²) in [5, 5.41) is 6.97. The summed E-state index contributed by atoms with van der Waals surface area (Å²) < 4.78 is 47.5. The number of aromatic nitrogens is 2. The van der Waals surface area contributed by atoms with Crippen molar-refractivity contribution in [2.24, 2.45) is 7.05 Å². The van der Waals surface area contributed by atoms with E-state index in [1.807, 2.05) is 5.32 Å². The molecule has 26 heavy (non-hydrogen) atoms. The molecule has 3 rings (SSSR count). The van der Waals surface area contributed by atoms with Gasteiger partial charge in [-0.3, -0.25) is 9.48 Å². The number of hydrogen-bond acceptors (Lipinski definition) is 3. The molecule has 9 heteroatoms. The molecule has 0 radical (unpaired) electrons.